The Labute approximate surface area is 109 Å². The minimum Gasteiger partial charge on any atom is -0.369 e. The fraction of sp³-hybridized carbons (Fsp3) is 0.545. The molecule has 0 saturated carbocycles. The number of rotatable bonds is 4. The van der Waals surface area contributed by atoms with E-state index in [0.717, 1.165) is 25.9 Å². The highest BCUT2D eigenvalue weighted by Crippen LogP contribution is 2.10. The zero-order chi connectivity index (χ0) is 13.0. The summed E-state index contributed by atoms with van der Waals surface area (Å²) in [5.74, 6) is -0.269. The number of quaternary nitrogens is 1. The van der Waals surface area contributed by atoms with Crippen LogP contribution < -0.4 is 16.0 Å². The second-order valence-electron chi connectivity index (χ2n) is 4.49. The number of carbonyl (C=O) groups excluding carboxylic acids is 2. The van der Waals surface area contributed by atoms with Crippen LogP contribution in [0.1, 0.15) is 12.8 Å². The topological polar surface area (TPSA) is 89.5 Å². The molecule has 6 nitrogen and oxygen atoms in total. The van der Waals surface area contributed by atoms with Gasteiger partial charge in [-0.2, -0.15) is 0 Å². The summed E-state index contributed by atoms with van der Waals surface area (Å²) < 4.78 is 0. The lowest BCUT2D eigenvalue weighted by molar-refractivity contribution is -0.897. The molecule has 0 bridgehead atoms. The van der Waals surface area contributed by atoms with Crippen LogP contribution in [0, 0.1) is 5.92 Å². The highest BCUT2D eigenvalue weighted by atomic mass is 32.1. The molecule has 7 heteroatoms. The van der Waals surface area contributed by atoms with E-state index in [9.17, 15) is 9.59 Å². The highest BCUT2D eigenvalue weighted by Gasteiger charge is 2.27. The Morgan fingerprint density at radius 2 is 2.22 bits per heavy atom. The van der Waals surface area contributed by atoms with Crippen LogP contribution in [0.25, 0.3) is 0 Å². The molecule has 1 aliphatic heterocycles. The molecule has 0 aromatic carbocycles. The Balaban J connectivity index is 1.74. The van der Waals surface area contributed by atoms with Gasteiger partial charge in [-0.15, -0.1) is 11.3 Å². The predicted octanol–water partition coefficient (Wildman–Crippen LogP) is -1.14. The first-order valence-corrected chi connectivity index (χ1v) is 6.85. The van der Waals surface area contributed by atoms with Crippen molar-refractivity contribution in [3.63, 3.8) is 0 Å². The third-order valence-corrected chi connectivity index (χ3v) is 3.87. The molecule has 1 aromatic rings. The molecule has 1 aromatic heterocycles. The lowest BCUT2D eigenvalue weighted by Crippen LogP contribution is -3.14. The normalized spacial score (nSPS) is 23.6. The quantitative estimate of drug-likeness (QED) is 0.645. The predicted molar refractivity (Wildman–Crippen MR) is 68.2 cm³/mol. The summed E-state index contributed by atoms with van der Waals surface area (Å²) in [5.41, 5.74) is 5.27. The number of thiazole rings is 1. The first kappa shape index (κ1) is 13.0. The molecule has 18 heavy (non-hydrogen) atoms. The summed E-state index contributed by atoms with van der Waals surface area (Å²) in [4.78, 5) is 28.0. The van der Waals surface area contributed by atoms with E-state index in [4.69, 9.17) is 5.73 Å². The monoisotopic (exact) mass is 269 g/mol. The van der Waals surface area contributed by atoms with Gasteiger partial charge in [0, 0.05) is 30.3 Å². The molecule has 98 valence electrons. The van der Waals surface area contributed by atoms with Gasteiger partial charge < -0.3 is 10.6 Å². The number of nitrogens with one attached hydrogen (secondary N) is 2. The third kappa shape index (κ3) is 3.51. The number of hydrogen-bond donors (Lipinski definition) is 3. The number of carbonyl (C=O) groups is 2. The molecule has 4 N–H and O–H groups in total. The van der Waals surface area contributed by atoms with E-state index in [1.807, 2.05) is 5.38 Å². The van der Waals surface area contributed by atoms with Crippen molar-refractivity contribution in [1.29, 1.82) is 0 Å². The van der Waals surface area contributed by atoms with E-state index in [1.165, 1.54) is 16.2 Å². The smallest absolute Gasteiger partial charge is 0.281 e. The Bertz CT molecular complexity index is 413. The van der Waals surface area contributed by atoms with Gasteiger partial charge in [0.15, 0.2) is 11.7 Å². The Morgan fingerprint density at radius 3 is 2.78 bits per heavy atom. The second-order valence-corrected chi connectivity index (χ2v) is 5.38. The van der Waals surface area contributed by atoms with Crippen molar-refractivity contribution in [2.75, 3.05) is 25.0 Å². The van der Waals surface area contributed by atoms with Gasteiger partial charge in [-0.05, 0) is 0 Å². The molecule has 0 spiro atoms. The van der Waals surface area contributed by atoms with Crippen LogP contribution in [0.15, 0.2) is 11.6 Å². The van der Waals surface area contributed by atoms with E-state index in [2.05, 4.69) is 10.3 Å². The molecule has 1 fully saturated rings. The maximum Gasteiger partial charge on any atom is 0.281 e. The molecule has 0 atom stereocenters. The number of nitrogens with two attached hydrogens (primary N) is 1. The van der Waals surface area contributed by atoms with Crippen LogP contribution in [-0.2, 0) is 9.59 Å². The summed E-state index contributed by atoms with van der Waals surface area (Å²) in [6.07, 6.45) is 3.20. The van der Waals surface area contributed by atoms with Crippen LogP contribution >= 0.6 is 11.3 Å². The molecule has 2 heterocycles. The zero-order valence-corrected chi connectivity index (χ0v) is 10.8. The van der Waals surface area contributed by atoms with Crippen LogP contribution in [0.5, 0.6) is 0 Å². The van der Waals surface area contributed by atoms with Crippen LogP contribution in [0.2, 0.25) is 0 Å². The fourth-order valence-electron chi connectivity index (χ4n) is 2.16. The maximum absolute atomic E-state index is 11.7. The van der Waals surface area contributed by atoms with E-state index < -0.39 is 0 Å². The molecule has 0 aliphatic carbocycles. The zero-order valence-electron chi connectivity index (χ0n) is 10.0. The van der Waals surface area contributed by atoms with Gasteiger partial charge >= 0.3 is 0 Å². The van der Waals surface area contributed by atoms with E-state index >= 15 is 0 Å². The number of aromatic nitrogens is 1. The van der Waals surface area contributed by atoms with Crippen molar-refractivity contribution in [3.8, 4) is 0 Å². The lowest BCUT2D eigenvalue weighted by atomic mass is 9.96. The van der Waals surface area contributed by atoms with E-state index in [-0.39, 0.29) is 17.7 Å². The van der Waals surface area contributed by atoms with Gasteiger partial charge in [-0.25, -0.2) is 4.98 Å². The van der Waals surface area contributed by atoms with Crippen molar-refractivity contribution in [2.24, 2.45) is 11.7 Å². The van der Waals surface area contributed by atoms with Gasteiger partial charge in [0.1, 0.15) is 0 Å². The SMILES string of the molecule is NC(=O)C1CC[NH+](CC(=O)Nc2nccs2)CC1. The largest absolute Gasteiger partial charge is 0.369 e. The molecule has 1 saturated heterocycles. The third-order valence-electron chi connectivity index (χ3n) is 3.18. The van der Waals surface area contributed by atoms with Gasteiger partial charge in [-0.1, -0.05) is 0 Å². The Hall–Kier alpha value is -1.47. The average molecular weight is 269 g/mol. The minimum absolute atomic E-state index is 0.0178. The van der Waals surface area contributed by atoms with Crippen molar-refractivity contribution in [1.82, 2.24) is 4.98 Å². The van der Waals surface area contributed by atoms with Crippen molar-refractivity contribution in [3.05, 3.63) is 11.6 Å². The summed E-state index contributed by atoms with van der Waals surface area (Å²) >= 11 is 1.40. The van der Waals surface area contributed by atoms with Crippen molar-refractivity contribution < 1.29 is 14.5 Å². The summed E-state index contributed by atoms with van der Waals surface area (Å²) in [5, 5.41) is 5.21. The van der Waals surface area contributed by atoms with Gasteiger partial charge in [-0.3, -0.25) is 14.9 Å². The van der Waals surface area contributed by atoms with Crippen LogP contribution in [0.3, 0.4) is 0 Å². The lowest BCUT2D eigenvalue weighted by Gasteiger charge is -2.26. The molecular formula is C11H17N4O2S+. The number of anilines is 1. The van der Waals surface area contributed by atoms with Crippen molar-refractivity contribution >= 4 is 28.3 Å². The summed E-state index contributed by atoms with van der Waals surface area (Å²) in [6, 6.07) is 0. The molecule has 2 amide bonds. The minimum atomic E-state index is -0.221. The average Bonchev–Trinajstić information content (AvgIpc) is 2.82. The van der Waals surface area contributed by atoms with Crippen molar-refractivity contribution in [2.45, 2.75) is 12.8 Å². The number of likely N-dealkylation sites (tertiary alicyclic amines) is 1. The van der Waals surface area contributed by atoms with Crippen LogP contribution in [-0.4, -0.2) is 36.4 Å². The standard InChI is InChI=1S/C11H16N4O2S/c12-10(17)8-1-4-15(5-2-8)7-9(16)14-11-13-3-6-18-11/h3,6,8H,1-2,4-5,7H2,(H2,12,17)(H,13,14,16)/p+1. The van der Waals surface area contributed by atoms with Gasteiger partial charge in [0.2, 0.25) is 5.91 Å². The Morgan fingerprint density at radius 1 is 1.50 bits per heavy atom. The molecule has 0 unspecified atom stereocenters. The highest BCUT2D eigenvalue weighted by molar-refractivity contribution is 7.13. The fourth-order valence-corrected chi connectivity index (χ4v) is 2.71. The number of nitrogens with zero attached hydrogens (tertiary/aromatic N) is 1. The maximum atomic E-state index is 11.7. The number of primary amides is 1. The molecular weight excluding hydrogens is 252 g/mol. The number of piperidine rings is 1. The summed E-state index contributed by atoms with van der Waals surface area (Å²) in [6.45, 7) is 2.06. The molecule has 1 aliphatic rings. The first-order chi connectivity index (χ1) is 8.65. The second kappa shape index (κ2) is 5.92. The van der Waals surface area contributed by atoms with Gasteiger partial charge in [0.05, 0.1) is 13.1 Å². The molecule has 2 rings (SSSR count). The van der Waals surface area contributed by atoms with E-state index in [1.54, 1.807) is 6.20 Å². The summed E-state index contributed by atoms with van der Waals surface area (Å²) in [7, 11) is 0. The first-order valence-electron chi connectivity index (χ1n) is 5.97. The number of amides is 2. The molecule has 0 radical (unpaired) electrons. The Kier molecular flexibility index (Phi) is 4.27. The van der Waals surface area contributed by atoms with Crippen LogP contribution in [0.4, 0.5) is 5.13 Å². The van der Waals surface area contributed by atoms with Gasteiger partial charge in [0.25, 0.3) is 5.91 Å². The number of hydrogen-bond acceptors (Lipinski definition) is 4. The van der Waals surface area contributed by atoms with E-state index in [0.29, 0.717) is 11.7 Å².